The van der Waals surface area contributed by atoms with E-state index in [0.717, 1.165) is 36.8 Å². The summed E-state index contributed by atoms with van der Waals surface area (Å²) in [6.45, 7) is 0.225. The fraction of sp³-hybridized carbons (Fsp3) is 0.263. The fourth-order valence-electron chi connectivity index (χ4n) is 3.11. The minimum absolute atomic E-state index is 0.225. The van der Waals surface area contributed by atoms with E-state index in [1.165, 1.54) is 22.3 Å². The van der Waals surface area contributed by atoms with Crippen LogP contribution in [0.2, 0.25) is 0 Å². The highest BCUT2D eigenvalue weighted by Gasteiger charge is 2.21. The third-order valence-corrected chi connectivity index (χ3v) is 5.55. The van der Waals surface area contributed by atoms with Crippen LogP contribution in [-0.2, 0) is 17.6 Å². The van der Waals surface area contributed by atoms with E-state index < -0.39 is 0 Å². The highest BCUT2D eigenvalue weighted by atomic mass is 32.1. The van der Waals surface area contributed by atoms with Gasteiger partial charge in [0.1, 0.15) is 11.1 Å². The van der Waals surface area contributed by atoms with E-state index >= 15 is 0 Å². The molecule has 0 saturated carbocycles. The van der Waals surface area contributed by atoms with E-state index in [1.54, 1.807) is 6.08 Å². The van der Waals surface area contributed by atoms with Crippen molar-refractivity contribution in [1.82, 2.24) is 0 Å². The second-order valence-corrected chi connectivity index (χ2v) is 7.07. The third-order valence-electron chi connectivity index (χ3n) is 4.34. The van der Waals surface area contributed by atoms with Crippen molar-refractivity contribution in [2.45, 2.75) is 25.7 Å². The summed E-state index contributed by atoms with van der Waals surface area (Å²) in [6, 6.07) is 7.77. The molecular formula is C19H16N2O3S. The van der Waals surface area contributed by atoms with Gasteiger partial charge >= 0.3 is 0 Å². The van der Waals surface area contributed by atoms with Crippen molar-refractivity contribution >= 4 is 28.3 Å². The Morgan fingerprint density at radius 1 is 1.24 bits per heavy atom. The van der Waals surface area contributed by atoms with Gasteiger partial charge in [0.25, 0.3) is 0 Å². The van der Waals surface area contributed by atoms with Crippen LogP contribution in [0.25, 0.3) is 6.08 Å². The van der Waals surface area contributed by atoms with Crippen molar-refractivity contribution in [3.63, 3.8) is 0 Å². The maximum absolute atomic E-state index is 12.2. The lowest BCUT2D eigenvalue weighted by Gasteiger charge is -2.09. The van der Waals surface area contributed by atoms with Crippen LogP contribution in [-0.4, -0.2) is 12.7 Å². The number of amides is 1. The van der Waals surface area contributed by atoms with Gasteiger partial charge in [-0.3, -0.25) is 4.79 Å². The van der Waals surface area contributed by atoms with Gasteiger partial charge in [0, 0.05) is 11.0 Å². The van der Waals surface area contributed by atoms with Gasteiger partial charge in [-0.1, -0.05) is 6.07 Å². The molecule has 1 amide bonds. The molecule has 25 heavy (non-hydrogen) atoms. The normalized spacial score (nSPS) is 15.0. The quantitative estimate of drug-likeness (QED) is 0.851. The van der Waals surface area contributed by atoms with E-state index in [0.29, 0.717) is 22.1 Å². The largest absolute Gasteiger partial charge is 0.454 e. The van der Waals surface area contributed by atoms with E-state index in [9.17, 15) is 10.1 Å². The van der Waals surface area contributed by atoms with E-state index in [1.807, 2.05) is 18.2 Å². The molecule has 0 fully saturated rings. The van der Waals surface area contributed by atoms with Gasteiger partial charge in [-0.05, 0) is 55.0 Å². The summed E-state index contributed by atoms with van der Waals surface area (Å²) in [5.74, 6) is 1.15. The first kappa shape index (κ1) is 15.7. The lowest BCUT2D eigenvalue weighted by atomic mass is 9.96. The van der Waals surface area contributed by atoms with Gasteiger partial charge in [-0.2, -0.15) is 5.26 Å². The summed E-state index contributed by atoms with van der Waals surface area (Å²) in [4.78, 5) is 13.5. The second-order valence-electron chi connectivity index (χ2n) is 5.96. The number of aryl methyl sites for hydroxylation is 1. The molecule has 0 spiro atoms. The number of nitrogens with zero attached hydrogens (tertiary/aromatic N) is 1. The summed E-state index contributed by atoms with van der Waals surface area (Å²) in [5.41, 5.74) is 2.60. The van der Waals surface area contributed by atoms with Crippen LogP contribution in [0.15, 0.2) is 24.3 Å². The summed E-state index contributed by atoms with van der Waals surface area (Å²) in [7, 11) is 0. The standard InChI is InChI=1S/C19H16N2O3S/c20-10-14-13-3-1-2-4-17(13)25-19(14)21-18(22)8-6-12-5-7-15-16(9-12)24-11-23-15/h5-9H,1-4,11H2,(H,21,22). The zero-order valence-corrected chi connectivity index (χ0v) is 14.3. The van der Waals surface area contributed by atoms with Crippen LogP contribution in [0, 0.1) is 11.3 Å². The average Bonchev–Trinajstić information content (AvgIpc) is 3.23. The Labute approximate surface area is 149 Å². The number of nitrogens with one attached hydrogen (secondary N) is 1. The lowest BCUT2D eigenvalue weighted by Crippen LogP contribution is -2.07. The van der Waals surface area contributed by atoms with Crippen molar-refractivity contribution in [2.24, 2.45) is 0 Å². The number of anilines is 1. The lowest BCUT2D eigenvalue weighted by molar-refractivity contribution is -0.111. The van der Waals surface area contributed by atoms with Crippen LogP contribution in [0.5, 0.6) is 11.5 Å². The van der Waals surface area contributed by atoms with Crippen LogP contribution in [0.1, 0.15) is 34.4 Å². The Morgan fingerprint density at radius 2 is 2.08 bits per heavy atom. The first-order valence-electron chi connectivity index (χ1n) is 8.18. The summed E-state index contributed by atoms with van der Waals surface area (Å²) < 4.78 is 10.6. The zero-order valence-electron chi connectivity index (χ0n) is 13.5. The average molecular weight is 352 g/mol. The fourth-order valence-corrected chi connectivity index (χ4v) is 4.36. The van der Waals surface area contributed by atoms with Crippen LogP contribution < -0.4 is 14.8 Å². The summed E-state index contributed by atoms with van der Waals surface area (Å²) in [5, 5.41) is 13.0. The highest BCUT2D eigenvalue weighted by molar-refractivity contribution is 7.16. The third kappa shape index (κ3) is 3.11. The minimum Gasteiger partial charge on any atom is -0.454 e. The molecule has 6 heteroatoms. The predicted molar refractivity (Wildman–Crippen MR) is 95.9 cm³/mol. The van der Waals surface area contributed by atoms with Gasteiger partial charge < -0.3 is 14.8 Å². The smallest absolute Gasteiger partial charge is 0.249 e. The molecule has 0 bridgehead atoms. The van der Waals surface area contributed by atoms with Gasteiger partial charge in [0.2, 0.25) is 12.7 Å². The van der Waals surface area contributed by atoms with Gasteiger partial charge in [0.05, 0.1) is 5.56 Å². The molecule has 5 nitrogen and oxygen atoms in total. The Balaban J connectivity index is 1.49. The van der Waals surface area contributed by atoms with Crippen molar-refractivity contribution in [3.05, 3.63) is 45.8 Å². The van der Waals surface area contributed by atoms with Crippen LogP contribution in [0.3, 0.4) is 0 Å². The molecule has 4 rings (SSSR count). The van der Waals surface area contributed by atoms with Crippen LogP contribution in [0.4, 0.5) is 5.00 Å². The molecule has 0 atom stereocenters. The van der Waals surface area contributed by atoms with Crippen molar-refractivity contribution in [2.75, 3.05) is 12.1 Å². The van der Waals surface area contributed by atoms with Gasteiger partial charge in [-0.15, -0.1) is 11.3 Å². The monoisotopic (exact) mass is 352 g/mol. The zero-order chi connectivity index (χ0) is 17.2. The first-order chi connectivity index (χ1) is 12.2. The number of benzene rings is 1. The Hall–Kier alpha value is -2.78. The predicted octanol–water partition coefficient (Wildman–Crippen LogP) is 3.88. The molecule has 2 heterocycles. The summed E-state index contributed by atoms with van der Waals surface area (Å²) in [6.07, 6.45) is 7.37. The molecule has 0 radical (unpaired) electrons. The first-order valence-corrected chi connectivity index (χ1v) is 8.99. The molecule has 126 valence electrons. The van der Waals surface area contributed by atoms with E-state index in [2.05, 4.69) is 11.4 Å². The molecule has 2 aliphatic rings. The molecule has 0 unspecified atom stereocenters. The maximum Gasteiger partial charge on any atom is 0.249 e. The number of rotatable bonds is 3. The highest BCUT2D eigenvalue weighted by Crippen LogP contribution is 2.37. The Morgan fingerprint density at radius 3 is 2.96 bits per heavy atom. The molecule has 1 aromatic carbocycles. The number of hydrogen-bond donors (Lipinski definition) is 1. The number of nitriles is 1. The molecule has 0 saturated heterocycles. The molecule has 1 aliphatic carbocycles. The van der Waals surface area contributed by atoms with Crippen molar-refractivity contribution in [1.29, 1.82) is 5.26 Å². The van der Waals surface area contributed by atoms with Crippen molar-refractivity contribution < 1.29 is 14.3 Å². The number of hydrogen-bond acceptors (Lipinski definition) is 5. The molecular weight excluding hydrogens is 336 g/mol. The number of thiophene rings is 1. The second kappa shape index (κ2) is 6.61. The molecule has 1 N–H and O–H groups in total. The molecule has 2 aromatic rings. The number of carbonyl (C=O) groups excluding carboxylic acids is 1. The molecule has 1 aliphatic heterocycles. The van der Waals surface area contributed by atoms with Crippen LogP contribution >= 0.6 is 11.3 Å². The minimum atomic E-state index is -0.243. The van der Waals surface area contributed by atoms with Crippen molar-refractivity contribution in [3.8, 4) is 17.6 Å². The van der Waals surface area contributed by atoms with Gasteiger partial charge in [-0.25, -0.2) is 0 Å². The maximum atomic E-state index is 12.2. The Bertz CT molecular complexity index is 908. The number of fused-ring (bicyclic) bond motifs is 2. The van der Waals surface area contributed by atoms with E-state index in [-0.39, 0.29) is 12.7 Å². The van der Waals surface area contributed by atoms with Gasteiger partial charge in [0.15, 0.2) is 11.5 Å². The van der Waals surface area contributed by atoms with E-state index in [4.69, 9.17) is 9.47 Å². The number of ether oxygens (including phenoxy) is 2. The topological polar surface area (TPSA) is 71.4 Å². The Kier molecular flexibility index (Phi) is 4.16. The summed E-state index contributed by atoms with van der Waals surface area (Å²) >= 11 is 1.53. The molecule has 1 aromatic heterocycles. The SMILES string of the molecule is N#Cc1c(NC(=O)C=Cc2ccc3c(c2)OCO3)sc2c1CCCC2. The number of carbonyl (C=O) groups is 1.